The van der Waals surface area contributed by atoms with Gasteiger partial charge >= 0.3 is 0 Å². The summed E-state index contributed by atoms with van der Waals surface area (Å²) in [6.45, 7) is 0.311. The number of rotatable bonds is 6. The molecule has 0 bridgehead atoms. The van der Waals surface area contributed by atoms with Crippen LogP contribution in [0.25, 0.3) is 0 Å². The van der Waals surface area contributed by atoms with E-state index in [9.17, 15) is 13.6 Å². The number of nitrogens with two attached hydrogens (primary N) is 2. The van der Waals surface area contributed by atoms with E-state index in [1.807, 2.05) is 0 Å². The molecule has 0 aromatic heterocycles. The molecule has 0 radical (unpaired) electrons. The summed E-state index contributed by atoms with van der Waals surface area (Å²) in [5, 5.41) is 2.67. The molecule has 1 amide bonds. The second-order valence-corrected chi connectivity index (χ2v) is 4.09. The van der Waals surface area contributed by atoms with Crippen LogP contribution in [0.3, 0.4) is 0 Å². The zero-order valence-electron chi connectivity index (χ0n) is 9.50. The van der Waals surface area contributed by atoms with E-state index in [1.54, 1.807) is 0 Å². The Hall–Kier alpha value is -1.76. The molecule has 0 heterocycles. The Morgan fingerprint density at radius 3 is 2.50 bits per heavy atom. The van der Waals surface area contributed by atoms with Crippen LogP contribution < -0.4 is 16.8 Å². The Morgan fingerprint density at radius 1 is 1.28 bits per heavy atom. The number of primary amides is 1. The third-order valence-electron chi connectivity index (χ3n) is 2.26. The molecule has 0 aliphatic heterocycles. The van der Waals surface area contributed by atoms with E-state index < -0.39 is 17.5 Å². The largest absolute Gasteiger partial charge is 0.389 e. The van der Waals surface area contributed by atoms with Crippen LogP contribution in [0.1, 0.15) is 18.4 Å². The number of carbonyl (C=O) groups is 1. The van der Waals surface area contributed by atoms with Crippen LogP contribution in [0.2, 0.25) is 0 Å². The highest BCUT2D eigenvalue weighted by Gasteiger charge is 2.14. The van der Waals surface area contributed by atoms with Crippen molar-refractivity contribution >= 4 is 28.8 Å². The summed E-state index contributed by atoms with van der Waals surface area (Å²) in [5.74, 6) is -2.56. The number of thiocarbonyl (C=S) groups is 1. The second kappa shape index (κ2) is 6.25. The van der Waals surface area contributed by atoms with Gasteiger partial charge in [0.15, 0.2) is 11.6 Å². The molecule has 1 aromatic rings. The number of hydrogen-bond acceptors (Lipinski definition) is 3. The standard InChI is InChI=1S/C11H13F2N3OS/c12-9-6(11(15)18)3-4-7(10(9)13)16-5-1-2-8(14)17/h3-4,16H,1-2,5H2,(H2,14,17)(H2,15,18). The van der Waals surface area contributed by atoms with Crippen LogP contribution in [0.4, 0.5) is 14.5 Å². The van der Waals surface area contributed by atoms with E-state index in [0.717, 1.165) is 0 Å². The van der Waals surface area contributed by atoms with Crippen molar-refractivity contribution in [1.29, 1.82) is 0 Å². The van der Waals surface area contributed by atoms with Crippen molar-refractivity contribution in [3.63, 3.8) is 0 Å². The molecule has 0 fully saturated rings. The van der Waals surface area contributed by atoms with Crippen molar-refractivity contribution in [2.75, 3.05) is 11.9 Å². The minimum atomic E-state index is -1.08. The van der Waals surface area contributed by atoms with E-state index in [2.05, 4.69) is 17.5 Å². The molecule has 4 nitrogen and oxygen atoms in total. The summed E-state index contributed by atoms with van der Waals surface area (Å²) in [6.07, 6.45) is 0.621. The highest BCUT2D eigenvalue weighted by atomic mass is 32.1. The molecule has 18 heavy (non-hydrogen) atoms. The maximum atomic E-state index is 13.6. The van der Waals surface area contributed by atoms with Gasteiger partial charge in [0, 0.05) is 18.5 Å². The molecule has 0 spiro atoms. The Labute approximate surface area is 108 Å². The van der Waals surface area contributed by atoms with Gasteiger partial charge in [-0.05, 0) is 18.6 Å². The van der Waals surface area contributed by atoms with Gasteiger partial charge in [0.1, 0.15) is 4.99 Å². The SMILES string of the molecule is NC(=O)CCCNc1ccc(C(N)=S)c(F)c1F. The highest BCUT2D eigenvalue weighted by Crippen LogP contribution is 2.20. The lowest BCUT2D eigenvalue weighted by atomic mass is 10.1. The molecule has 1 aromatic carbocycles. The fraction of sp³-hybridized carbons (Fsp3) is 0.273. The summed E-state index contributed by atoms with van der Waals surface area (Å²) in [6, 6.07) is 2.65. The molecule has 0 unspecified atom stereocenters. The van der Waals surface area contributed by atoms with Crippen molar-refractivity contribution in [3.8, 4) is 0 Å². The third kappa shape index (κ3) is 3.63. The van der Waals surface area contributed by atoms with Gasteiger partial charge in [-0.2, -0.15) is 0 Å². The molecule has 0 saturated carbocycles. The van der Waals surface area contributed by atoms with Crippen LogP contribution in [0.15, 0.2) is 12.1 Å². The van der Waals surface area contributed by atoms with Gasteiger partial charge in [0.05, 0.1) is 5.69 Å². The molecule has 5 N–H and O–H groups in total. The summed E-state index contributed by atoms with van der Waals surface area (Å²) in [4.78, 5) is 10.3. The fourth-order valence-electron chi connectivity index (χ4n) is 1.36. The number of carbonyl (C=O) groups excluding carboxylic acids is 1. The van der Waals surface area contributed by atoms with Crippen molar-refractivity contribution in [2.24, 2.45) is 11.5 Å². The van der Waals surface area contributed by atoms with Gasteiger partial charge < -0.3 is 16.8 Å². The number of nitrogens with one attached hydrogen (secondary N) is 1. The molecular formula is C11H13F2N3OS. The average Bonchev–Trinajstić information content (AvgIpc) is 2.29. The first-order chi connectivity index (χ1) is 8.43. The van der Waals surface area contributed by atoms with Gasteiger partial charge in [0.25, 0.3) is 0 Å². The smallest absolute Gasteiger partial charge is 0.217 e. The number of anilines is 1. The molecule has 0 aliphatic carbocycles. The molecule has 0 saturated heterocycles. The number of benzene rings is 1. The Balaban J connectivity index is 2.71. The second-order valence-electron chi connectivity index (χ2n) is 3.65. The quantitative estimate of drug-likeness (QED) is 0.538. The van der Waals surface area contributed by atoms with Crippen LogP contribution in [0, 0.1) is 11.6 Å². The number of amides is 1. The highest BCUT2D eigenvalue weighted by molar-refractivity contribution is 7.80. The van der Waals surface area contributed by atoms with E-state index in [1.165, 1.54) is 12.1 Å². The molecule has 0 aliphatic rings. The summed E-state index contributed by atoms with van der Waals surface area (Å²) in [7, 11) is 0. The van der Waals surface area contributed by atoms with Gasteiger partial charge in [-0.15, -0.1) is 0 Å². The summed E-state index contributed by atoms with van der Waals surface area (Å²) in [5.41, 5.74) is 10.1. The van der Waals surface area contributed by atoms with Gasteiger partial charge in [-0.3, -0.25) is 4.79 Å². The van der Waals surface area contributed by atoms with Crippen molar-refractivity contribution in [1.82, 2.24) is 0 Å². The first-order valence-electron chi connectivity index (χ1n) is 5.23. The Morgan fingerprint density at radius 2 is 1.94 bits per heavy atom. The number of hydrogen-bond donors (Lipinski definition) is 3. The first-order valence-corrected chi connectivity index (χ1v) is 5.64. The zero-order chi connectivity index (χ0) is 13.7. The Kier molecular flexibility index (Phi) is 4.96. The molecule has 7 heteroatoms. The number of halogens is 2. The lowest BCUT2D eigenvalue weighted by Gasteiger charge is -2.09. The van der Waals surface area contributed by atoms with E-state index >= 15 is 0 Å². The summed E-state index contributed by atoms with van der Waals surface area (Å²) < 4.78 is 27.1. The van der Waals surface area contributed by atoms with Crippen molar-refractivity contribution in [3.05, 3.63) is 29.3 Å². The maximum absolute atomic E-state index is 13.6. The lowest BCUT2D eigenvalue weighted by molar-refractivity contribution is -0.118. The van der Waals surface area contributed by atoms with Crippen molar-refractivity contribution < 1.29 is 13.6 Å². The van der Waals surface area contributed by atoms with Crippen LogP contribution >= 0.6 is 12.2 Å². The fourth-order valence-corrected chi connectivity index (χ4v) is 1.52. The monoisotopic (exact) mass is 273 g/mol. The van der Waals surface area contributed by atoms with Crippen LogP contribution in [0.5, 0.6) is 0 Å². The van der Waals surface area contributed by atoms with Gasteiger partial charge in [-0.25, -0.2) is 8.78 Å². The van der Waals surface area contributed by atoms with Gasteiger partial charge in [-0.1, -0.05) is 12.2 Å². The van der Waals surface area contributed by atoms with E-state index in [0.29, 0.717) is 13.0 Å². The normalized spacial score (nSPS) is 10.1. The predicted molar refractivity (Wildman–Crippen MR) is 69.2 cm³/mol. The lowest BCUT2D eigenvalue weighted by Crippen LogP contribution is -2.15. The van der Waals surface area contributed by atoms with Crippen LogP contribution in [-0.2, 0) is 4.79 Å². The van der Waals surface area contributed by atoms with E-state index in [4.69, 9.17) is 11.5 Å². The average molecular weight is 273 g/mol. The predicted octanol–water partition coefficient (Wildman–Crippen LogP) is 1.28. The topological polar surface area (TPSA) is 81.1 Å². The van der Waals surface area contributed by atoms with E-state index in [-0.39, 0.29) is 22.7 Å². The van der Waals surface area contributed by atoms with Crippen molar-refractivity contribution in [2.45, 2.75) is 12.8 Å². The van der Waals surface area contributed by atoms with Crippen LogP contribution in [-0.4, -0.2) is 17.4 Å². The Bertz CT molecular complexity index is 480. The molecule has 98 valence electrons. The minimum Gasteiger partial charge on any atom is -0.389 e. The first kappa shape index (κ1) is 14.3. The van der Waals surface area contributed by atoms with Gasteiger partial charge in [0.2, 0.25) is 5.91 Å². The maximum Gasteiger partial charge on any atom is 0.217 e. The molecule has 0 atom stereocenters. The zero-order valence-corrected chi connectivity index (χ0v) is 10.3. The molecule has 1 rings (SSSR count). The minimum absolute atomic E-state index is 0.00281. The third-order valence-corrected chi connectivity index (χ3v) is 2.48. The summed E-state index contributed by atoms with van der Waals surface area (Å²) >= 11 is 4.59. The molecular weight excluding hydrogens is 260 g/mol.